The van der Waals surface area contributed by atoms with Crippen LogP contribution in [0.15, 0.2) is 23.1 Å². The van der Waals surface area contributed by atoms with E-state index in [0.29, 0.717) is 38.4 Å². The lowest BCUT2D eigenvalue weighted by molar-refractivity contribution is -0.153. The molecule has 1 fully saturated rings. The molecule has 1 N–H and O–H groups in total. The Kier molecular flexibility index (Phi) is 7.00. The molecular weight excluding hydrogens is 374 g/mol. The Morgan fingerprint density at radius 1 is 1.19 bits per heavy atom. The molecule has 0 spiro atoms. The van der Waals surface area contributed by atoms with Crippen LogP contribution in [0.1, 0.15) is 6.42 Å². The monoisotopic (exact) mass is 392 g/mol. The first-order valence-corrected chi connectivity index (χ1v) is 9.24. The van der Waals surface area contributed by atoms with E-state index >= 15 is 0 Å². The molecule has 11 heteroatoms. The van der Waals surface area contributed by atoms with E-state index in [4.69, 9.17) is 9.47 Å². The molecule has 1 aliphatic rings. The first kappa shape index (κ1) is 20.2. The smallest absolute Gasteiger partial charge is 0.307 e. The maximum atomic E-state index is 13.1. The minimum atomic E-state index is -4.10. The average molecular weight is 392 g/mol. The van der Waals surface area contributed by atoms with Gasteiger partial charge in [0, 0.05) is 19.6 Å². The van der Waals surface area contributed by atoms with E-state index in [1.54, 1.807) is 0 Å². The van der Waals surface area contributed by atoms with Crippen LogP contribution in [0.2, 0.25) is 0 Å². The fourth-order valence-electron chi connectivity index (χ4n) is 2.13. The standard InChI is InChI=1S/C15H18F2N2O6S/c16-12-2-1-11(9-13(12)17)26(22,23)18-4-3-15(21)25-10-14(20)19-5-7-24-8-6-19/h1-2,9,18H,3-8,10H2. The molecule has 1 saturated heterocycles. The number of rotatable bonds is 7. The van der Waals surface area contributed by atoms with E-state index in [1.165, 1.54) is 4.90 Å². The first-order valence-electron chi connectivity index (χ1n) is 7.75. The minimum absolute atomic E-state index is 0.314. The number of esters is 1. The lowest BCUT2D eigenvalue weighted by Gasteiger charge is -2.26. The normalized spacial score (nSPS) is 14.9. The van der Waals surface area contributed by atoms with Crippen LogP contribution in [-0.2, 0) is 29.1 Å². The van der Waals surface area contributed by atoms with Crippen LogP contribution in [0, 0.1) is 11.6 Å². The van der Waals surface area contributed by atoms with Gasteiger partial charge in [0.05, 0.1) is 24.5 Å². The Balaban J connectivity index is 1.74. The summed E-state index contributed by atoms with van der Waals surface area (Å²) in [6.07, 6.45) is -0.320. The number of nitrogens with zero attached hydrogens (tertiary/aromatic N) is 1. The molecule has 1 heterocycles. The van der Waals surface area contributed by atoms with Gasteiger partial charge in [0.25, 0.3) is 5.91 Å². The number of halogens is 2. The van der Waals surface area contributed by atoms with Crippen molar-refractivity contribution in [1.82, 2.24) is 9.62 Å². The second kappa shape index (κ2) is 9.01. The molecule has 0 aliphatic carbocycles. The second-order valence-corrected chi connectivity index (χ2v) is 7.14. The van der Waals surface area contributed by atoms with Gasteiger partial charge in [-0.05, 0) is 18.2 Å². The highest BCUT2D eigenvalue weighted by Gasteiger charge is 2.19. The van der Waals surface area contributed by atoms with Crippen LogP contribution in [0.5, 0.6) is 0 Å². The molecule has 8 nitrogen and oxygen atoms in total. The number of amides is 1. The van der Waals surface area contributed by atoms with Crippen molar-refractivity contribution in [1.29, 1.82) is 0 Å². The van der Waals surface area contributed by atoms with Gasteiger partial charge in [-0.2, -0.15) is 0 Å². The summed E-state index contributed by atoms with van der Waals surface area (Å²) in [7, 11) is -4.10. The number of carbonyl (C=O) groups is 2. The fraction of sp³-hybridized carbons (Fsp3) is 0.467. The zero-order chi connectivity index (χ0) is 19.2. The third-order valence-corrected chi connectivity index (χ3v) is 5.00. The van der Waals surface area contributed by atoms with Gasteiger partial charge in [-0.25, -0.2) is 21.9 Å². The summed E-state index contributed by atoms with van der Waals surface area (Å²) < 4.78 is 61.8. The van der Waals surface area contributed by atoms with E-state index in [0.717, 1.165) is 6.07 Å². The van der Waals surface area contributed by atoms with Gasteiger partial charge in [-0.15, -0.1) is 0 Å². The summed E-state index contributed by atoms with van der Waals surface area (Å²) in [4.78, 5) is 24.4. The second-order valence-electron chi connectivity index (χ2n) is 5.38. The quantitative estimate of drug-likeness (QED) is 0.657. The predicted molar refractivity (Wildman–Crippen MR) is 84.5 cm³/mol. The van der Waals surface area contributed by atoms with Crippen molar-refractivity contribution in [2.45, 2.75) is 11.3 Å². The van der Waals surface area contributed by atoms with E-state index in [9.17, 15) is 26.8 Å². The summed E-state index contributed by atoms with van der Waals surface area (Å²) >= 11 is 0. The summed E-state index contributed by atoms with van der Waals surface area (Å²) in [6.45, 7) is 0.937. The number of benzene rings is 1. The summed E-state index contributed by atoms with van der Waals surface area (Å²) in [6, 6.07) is 2.13. The Bertz CT molecular complexity index is 765. The highest BCUT2D eigenvalue weighted by atomic mass is 32.2. The van der Waals surface area contributed by atoms with Gasteiger partial charge >= 0.3 is 5.97 Å². The molecule has 0 radical (unpaired) electrons. The fourth-order valence-corrected chi connectivity index (χ4v) is 3.18. The van der Waals surface area contributed by atoms with E-state index in [-0.39, 0.29) is 18.9 Å². The molecule has 0 bridgehead atoms. The number of morpholine rings is 1. The third-order valence-electron chi connectivity index (χ3n) is 3.54. The third kappa shape index (κ3) is 5.71. The van der Waals surface area contributed by atoms with Crippen LogP contribution in [0.25, 0.3) is 0 Å². The molecule has 0 atom stereocenters. The largest absolute Gasteiger partial charge is 0.456 e. The highest BCUT2D eigenvalue weighted by Crippen LogP contribution is 2.13. The van der Waals surface area contributed by atoms with Crippen LogP contribution in [0.3, 0.4) is 0 Å². The van der Waals surface area contributed by atoms with Crippen molar-refractivity contribution in [2.75, 3.05) is 39.5 Å². The zero-order valence-electron chi connectivity index (χ0n) is 13.7. The molecule has 0 saturated carbocycles. The Morgan fingerprint density at radius 3 is 2.54 bits per heavy atom. The van der Waals surface area contributed by atoms with Crippen molar-refractivity contribution in [3.05, 3.63) is 29.8 Å². The molecule has 1 aromatic rings. The number of ether oxygens (including phenoxy) is 2. The maximum Gasteiger partial charge on any atom is 0.307 e. The van der Waals surface area contributed by atoms with E-state index in [2.05, 4.69) is 4.72 Å². The molecule has 0 unspecified atom stereocenters. The number of hydrogen-bond donors (Lipinski definition) is 1. The van der Waals surface area contributed by atoms with Crippen molar-refractivity contribution in [2.24, 2.45) is 0 Å². The van der Waals surface area contributed by atoms with Crippen LogP contribution in [-0.4, -0.2) is 64.6 Å². The first-order chi connectivity index (χ1) is 12.3. The molecular formula is C15H18F2N2O6S. The van der Waals surface area contributed by atoms with Crippen LogP contribution in [0.4, 0.5) is 8.78 Å². The Hall–Kier alpha value is -2.11. The summed E-state index contributed by atoms with van der Waals surface area (Å²) in [5.74, 6) is -3.59. The molecule has 26 heavy (non-hydrogen) atoms. The predicted octanol–water partition coefficient (Wildman–Crippen LogP) is 0.0352. The van der Waals surface area contributed by atoms with Gasteiger partial charge < -0.3 is 14.4 Å². The SMILES string of the molecule is O=C(CCNS(=O)(=O)c1ccc(F)c(F)c1)OCC(=O)N1CCOCC1. The van der Waals surface area contributed by atoms with Crippen molar-refractivity contribution >= 4 is 21.9 Å². The molecule has 1 aromatic carbocycles. The molecule has 0 aromatic heterocycles. The topological polar surface area (TPSA) is 102 Å². The average Bonchev–Trinajstić information content (AvgIpc) is 2.62. The maximum absolute atomic E-state index is 13.1. The number of sulfonamides is 1. The Labute approximate surface area is 149 Å². The van der Waals surface area contributed by atoms with E-state index < -0.39 is 39.1 Å². The summed E-state index contributed by atoms with van der Waals surface area (Å²) in [5.41, 5.74) is 0. The van der Waals surface area contributed by atoms with Crippen molar-refractivity contribution in [3.63, 3.8) is 0 Å². The summed E-state index contributed by atoms with van der Waals surface area (Å²) in [5, 5.41) is 0. The number of nitrogens with one attached hydrogen (secondary N) is 1. The van der Waals surface area contributed by atoms with Gasteiger partial charge in [-0.3, -0.25) is 9.59 Å². The molecule has 1 amide bonds. The number of hydrogen-bond acceptors (Lipinski definition) is 6. The van der Waals surface area contributed by atoms with Gasteiger partial charge in [0.2, 0.25) is 10.0 Å². The van der Waals surface area contributed by atoms with Gasteiger partial charge in [0.1, 0.15) is 0 Å². The lowest BCUT2D eigenvalue weighted by atomic mass is 10.3. The van der Waals surface area contributed by atoms with Gasteiger partial charge in [0.15, 0.2) is 18.2 Å². The molecule has 1 aliphatic heterocycles. The van der Waals surface area contributed by atoms with Crippen LogP contribution < -0.4 is 4.72 Å². The lowest BCUT2D eigenvalue weighted by Crippen LogP contribution is -2.42. The Morgan fingerprint density at radius 2 is 1.88 bits per heavy atom. The zero-order valence-corrected chi connectivity index (χ0v) is 14.6. The van der Waals surface area contributed by atoms with Gasteiger partial charge in [-0.1, -0.05) is 0 Å². The molecule has 144 valence electrons. The van der Waals surface area contributed by atoms with Crippen LogP contribution >= 0.6 is 0 Å². The van der Waals surface area contributed by atoms with E-state index in [1.807, 2.05) is 0 Å². The number of carbonyl (C=O) groups excluding carboxylic acids is 2. The highest BCUT2D eigenvalue weighted by molar-refractivity contribution is 7.89. The van der Waals surface area contributed by atoms with Crippen molar-refractivity contribution in [3.8, 4) is 0 Å². The minimum Gasteiger partial charge on any atom is -0.456 e. The van der Waals surface area contributed by atoms with Crippen molar-refractivity contribution < 1.29 is 36.3 Å². The molecule has 2 rings (SSSR count).